The van der Waals surface area contributed by atoms with E-state index in [1.807, 2.05) is 24.0 Å². The van der Waals surface area contributed by atoms with Crippen molar-refractivity contribution in [3.05, 3.63) is 21.9 Å². The largest absolute Gasteiger partial charge is 0.335 e. The van der Waals surface area contributed by atoms with Gasteiger partial charge in [0.2, 0.25) is 0 Å². The maximum Gasteiger partial charge on any atom is 0.264 e. The second-order valence-corrected chi connectivity index (χ2v) is 5.42. The molecule has 16 heavy (non-hydrogen) atoms. The molecule has 1 saturated heterocycles. The molecular weight excluding hydrogens is 220 g/mol. The Labute approximate surface area is 101 Å². The van der Waals surface area contributed by atoms with Crippen molar-refractivity contribution >= 4 is 17.2 Å². The molecule has 1 amide bonds. The molecule has 1 aliphatic rings. The molecule has 0 spiro atoms. The fourth-order valence-electron chi connectivity index (χ4n) is 1.97. The standard InChI is InChI=1S/C12H18N2OS/c1-3-13-6-8-14(9-7-13)12(15)11-5-4-10(2)16-11/h4-5H,3,6-9H2,1-2H3. The molecule has 1 aliphatic heterocycles. The SMILES string of the molecule is CCN1CCN(C(=O)c2ccc(C)s2)CC1. The zero-order chi connectivity index (χ0) is 11.5. The average Bonchev–Trinajstić information content (AvgIpc) is 2.75. The highest BCUT2D eigenvalue weighted by Crippen LogP contribution is 2.18. The fourth-order valence-corrected chi connectivity index (χ4v) is 2.81. The third-order valence-electron chi connectivity index (χ3n) is 3.06. The second-order valence-electron chi connectivity index (χ2n) is 4.14. The highest BCUT2D eigenvalue weighted by molar-refractivity contribution is 7.13. The van der Waals surface area contributed by atoms with Crippen molar-refractivity contribution < 1.29 is 4.79 Å². The van der Waals surface area contributed by atoms with Gasteiger partial charge in [-0.1, -0.05) is 6.92 Å². The molecule has 3 nitrogen and oxygen atoms in total. The van der Waals surface area contributed by atoms with E-state index in [4.69, 9.17) is 0 Å². The lowest BCUT2D eigenvalue weighted by atomic mass is 10.3. The topological polar surface area (TPSA) is 23.6 Å². The molecule has 0 aromatic carbocycles. The quantitative estimate of drug-likeness (QED) is 0.785. The van der Waals surface area contributed by atoms with Crippen LogP contribution in [0.4, 0.5) is 0 Å². The molecule has 2 heterocycles. The summed E-state index contributed by atoms with van der Waals surface area (Å²) in [5.41, 5.74) is 0. The molecule has 2 rings (SSSR count). The third-order valence-corrected chi connectivity index (χ3v) is 4.05. The first kappa shape index (κ1) is 11.6. The van der Waals surface area contributed by atoms with E-state index in [-0.39, 0.29) is 5.91 Å². The number of rotatable bonds is 2. The van der Waals surface area contributed by atoms with Crippen molar-refractivity contribution in [1.82, 2.24) is 9.80 Å². The molecule has 0 radical (unpaired) electrons. The number of hydrogen-bond acceptors (Lipinski definition) is 3. The minimum Gasteiger partial charge on any atom is -0.335 e. The average molecular weight is 238 g/mol. The van der Waals surface area contributed by atoms with Gasteiger partial charge in [0.25, 0.3) is 5.91 Å². The lowest BCUT2D eigenvalue weighted by molar-refractivity contribution is 0.0648. The van der Waals surface area contributed by atoms with Crippen molar-refractivity contribution in [3.8, 4) is 0 Å². The van der Waals surface area contributed by atoms with E-state index < -0.39 is 0 Å². The van der Waals surface area contributed by atoms with Crippen LogP contribution >= 0.6 is 11.3 Å². The summed E-state index contributed by atoms with van der Waals surface area (Å²) in [6, 6.07) is 3.95. The maximum absolute atomic E-state index is 12.1. The van der Waals surface area contributed by atoms with Crippen LogP contribution in [-0.2, 0) is 0 Å². The molecule has 1 aromatic heterocycles. The number of carbonyl (C=O) groups is 1. The number of thiophene rings is 1. The van der Waals surface area contributed by atoms with Crippen LogP contribution in [0.3, 0.4) is 0 Å². The van der Waals surface area contributed by atoms with Crippen LogP contribution in [0.15, 0.2) is 12.1 Å². The van der Waals surface area contributed by atoms with Crippen molar-refractivity contribution in [2.45, 2.75) is 13.8 Å². The minimum atomic E-state index is 0.203. The number of hydrogen-bond donors (Lipinski definition) is 0. The van der Waals surface area contributed by atoms with E-state index in [2.05, 4.69) is 11.8 Å². The Kier molecular flexibility index (Phi) is 3.61. The summed E-state index contributed by atoms with van der Waals surface area (Å²) < 4.78 is 0. The summed E-state index contributed by atoms with van der Waals surface area (Å²) in [6.07, 6.45) is 0. The number of carbonyl (C=O) groups excluding carboxylic acids is 1. The van der Waals surface area contributed by atoms with Crippen molar-refractivity contribution in [2.75, 3.05) is 32.7 Å². The van der Waals surface area contributed by atoms with E-state index in [1.165, 1.54) is 4.88 Å². The van der Waals surface area contributed by atoms with Gasteiger partial charge in [0.1, 0.15) is 0 Å². The number of amides is 1. The lowest BCUT2D eigenvalue weighted by Crippen LogP contribution is -2.48. The fraction of sp³-hybridized carbons (Fsp3) is 0.583. The van der Waals surface area contributed by atoms with Gasteiger partial charge in [-0.3, -0.25) is 4.79 Å². The Morgan fingerprint density at radius 1 is 1.31 bits per heavy atom. The molecule has 0 aliphatic carbocycles. The van der Waals surface area contributed by atoms with Gasteiger partial charge in [0, 0.05) is 31.1 Å². The lowest BCUT2D eigenvalue weighted by Gasteiger charge is -2.33. The summed E-state index contributed by atoms with van der Waals surface area (Å²) in [5.74, 6) is 0.203. The van der Waals surface area contributed by atoms with Crippen molar-refractivity contribution in [1.29, 1.82) is 0 Å². The molecule has 88 valence electrons. The van der Waals surface area contributed by atoms with Crippen LogP contribution in [0.25, 0.3) is 0 Å². The third kappa shape index (κ3) is 2.44. The van der Waals surface area contributed by atoms with Gasteiger partial charge >= 0.3 is 0 Å². The Morgan fingerprint density at radius 2 is 2.00 bits per heavy atom. The van der Waals surface area contributed by atoms with Crippen LogP contribution in [0.2, 0.25) is 0 Å². The van der Waals surface area contributed by atoms with Gasteiger partial charge in [0.05, 0.1) is 4.88 Å². The summed E-state index contributed by atoms with van der Waals surface area (Å²) in [7, 11) is 0. The molecule has 0 unspecified atom stereocenters. The summed E-state index contributed by atoms with van der Waals surface area (Å²) in [4.78, 5) is 18.6. The van der Waals surface area contributed by atoms with Gasteiger partial charge in [-0.25, -0.2) is 0 Å². The molecule has 0 saturated carbocycles. The van der Waals surface area contributed by atoms with Gasteiger partial charge < -0.3 is 9.80 Å². The van der Waals surface area contributed by atoms with Gasteiger partial charge in [-0.15, -0.1) is 11.3 Å². The number of aryl methyl sites for hydroxylation is 1. The first-order valence-electron chi connectivity index (χ1n) is 5.78. The van der Waals surface area contributed by atoms with E-state index in [0.29, 0.717) is 0 Å². The molecular formula is C12H18N2OS. The van der Waals surface area contributed by atoms with E-state index in [9.17, 15) is 4.79 Å². The van der Waals surface area contributed by atoms with Gasteiger partial charge in [-0.2, -0.15) is 0 Å². The van der Waals surface area contributed by atoms with Crippen molar-refractivity contribution in [3.63, 3.8) is 0 Å². The highest BCUT2D eigenvalue weighted by Gasteiger charge is 2.21. The van der Waals surface area contributed by atoms with E-state index in [1.54, 1.807) is 11.3 Å². The van der Waals surface area contributed by atoms with E-state index >= 15 is 0 Å². The first-order valence-corrected chi connectivity index (χ1v) is 6.60. The van der Waals surface area contributed by atoms with Crippen LogP contribution in [-0.4, -0.2) is 48.4 Å². The number of likely N-dealkylation sites (N-methyl/N-ethyl adjacent to an activating group) is 1. The van der Waals surface area contributed by atoms with Gasteiger partial charge in [-0.05, 0) is 25.6 Å². The smallest absolute Gasteiger partial charge is 0.264 e. The Hall–Kier alpha value is -0.870. The molecule has 0 N–H and O–H groups in total. The zero-order valence-corrected chi connectivity index (χ0v) is 10.7. The second kappa shape index (κ2) is 4.97. The van der Waals surface area contributed by atoms with Crippen LogP contribution in [0.5, 0.6) is 0 Å². The molecule has 0 bridgehead atoms. The molecule has 4 heteroatoms. The zero-order valence-electron chi connectivity index (χ0n) is 9.90. The molecule has 1 aromatic rings. The predicted molar refractivity (Wildman–Crippen MR) is 67.1 cm³/mol. The number of nitrogens with zero attached hydrogens (tertiary/aromatic N) is 2. The molecule has 0 atom stereocenters. The van der Waals surface area contributed by atoms with E-state index in [0.717, 1.165) is 37.6 Å². The summed E-state index contributed by atoms with van der Waals surface area (Å²) in [6.45, 7) is 9.03. The normalized spacial score (nSPS) is 17.8. The van der Waals surface area contributed by atoms with Crippen LogP contribution in [0, 0.1) is 6.92 Å². The molecule has 1 fully saturated rings. The Morgan fingerprint density at radius 3 is 2.50 bits per heavy atom. The van der Waals surface area contributed by atoms with Gasteiger partial charge in [0.15, 0.2) is 0 Å². The monoisotopic (exact) mass is 238 g/mol. The summed E-state index contributed by atoms with van der Waals surface area (Å²) >= 11 is 1.59. The predicted octanol–water partition coefficient (Wildman–Crippen LogP) is 1.83. The summed E-state index contributed by atoms with van der Waals surface area (Å²) in [5, 5.41) is 0. The van der Waals surface area contributed by atoms with Crippen molar-refractivity contribution in [2.24, 2.45) is 0 Å². The highest BCUT2D eigenvalue weighted by atomic mass is 32.1. The minimum absolute atomic E-state index is 0.203. The van der Waals surface area contributed by atoms with Crippen LogP contribution in [0.1, 0.15) is 21.5 Å². The maximum atomic E-state index is 12.1. The first-order chi connectivity index (χ1) is 7.70. The van der Waals surface area contributed by atoms with Crippen LogP contribution < -0.4 is 0 Å². The number of piperazine rings is 1. The Bertz CT molecular complexity index is 367. The Balaban J connectivity index is 1.96.